The van der Waals surface area contributed by atoms with Gasteiger partial charge in [-0.3, -0.25) is 5.32 Å². The lowest BCUT2D eigenvalue weighted by atomic mass is 10.2. The van der Waals surface area contributed by atoms with Gasteiger partial charge in [0.1, 0.15) is 16.8 Å². The molecule has 0 aliphatic rings. The SMILES string of the molecule is CCCCC[n+]1c(NCc2cc(Cl)ccc2O)[nH]c2ccccc21. The molecule has 1 heterocycles. The van der Waals surface area contributed by atoms with Crippen molar-refractivity contribution in [2.45, 2.75) is 39.3 Å². The number of halogens is 1. The Hall–Kier alpha value is -2.20. The van der Waals surface area contributed by atoms with Crippen LogP contribution in [0.15, 0.2) is 42.5 Å². The fraction of sp³-hybridized carbons (Fsp3) is 0.316. The molecule has 0 spiro atoms. The van der Waals surface area contributed by atoms with Crippen LogP contribution in [0.5, 0.6) is 5.75 Å². The molecule has 0 aliphatic heterocycles. The van der Waals surface area contributed by atoms with Crippen molar-refractivity contribution < 1.29 is 9.67 Å². The van der Waals surface area contributed by atoms with Crippen LogP contribution in [0.3, 0.4) is 0 Å². The van der Waals surface area contributed by atoms with Gasteiger partial charge in [-0.2, -0.15) is 0 Å². The Morgan fingerprint density at radius 3 is 2.83 bits per heavy atom. The number of aromatic hydroxyl groups is 1. The largest absolute Gasteiger partial charge is 0.508 e. The van der Waals surface area contributed by atoms with E-state index in [2.05, 4.69) is 40.0 Å². The number of imidazole rings is 1. The molecule has 0 radical (unpaired) electrons. The number of fused-ring (bicyclic) bond motifs is 1. The standard InChI is InChI=1S/C19H22ClN3O/c1-2-3-6-11-23-17-8-5-4-7-16(17)22-19(23)21-13-14-12-15(20)9-10-18(14)24/h4-5,7-10,12H,2-3,6,11,13H2,1H3,(H2,21,22,24)/p+1. The zero-order chi connectivity index (χ0) is 16.9. The zero-order valence-corrected chi connectivity index (χ0v) is 14.6. The van der Waals surface area contributed by atoms with E-state index in [1.165, 1.54) is 18.4 Å². The molecule has 0 unspecified atom stereocenters. The minimum Gasteiger partial charge on any atom is -0.508 e. The zero-order valence-electron chi connectivity index (χ0n) is 13.8. The number of phenols is 1. The molecule has 3 aromatic rings. The van der Waals surface area contributed by atoms with Crippen LogP contribution >= 0.6 is 11.6 Å². The van der Waals surface area contributed by atoms with Gasteiger partial charge in [-0.15, -0.1) is 0 Å². The van der Waals surface area contributed by atoms with E-state index >= 15 is 0 Å². The van der Waals surface area contributed by atoms with Gasteiger partial charge in [0.15, 0.2) is 0 Å². The Morgan fingerprint density at radius 1 is 1.17 bits per heavy atom. The number of unbranched alkanes of at least 4 members (excludes halogenated alkanes) is 2. The van der Waals surface area contributed by atoms with E-state index in [0.29, 0.717) is 11.6 Å². The highest BCUT2D eigenvalue weighted by molar-refractivity contribution is 6.30. The second-order valence-corrected chi connectivity index (χ2v) is 6.41. The molecule has 0 bridgehead atoms. The number of para-hydroxylation sites is 2. The number of hydrogen-bond donors (Lipinski definition) is 3. The summed E-state index contributed by atoms with van der Waals surface area (Å²) in [6.07, 6.45) is 3.54. The smallest absolute Gasteiger partial charge is 0.356 e. The first-order valence-corrected chi connectivity index (χ1v) is 8.78. The van der Waals surface area contributed by atoms with Crippen LogP contribution in [0.4, 0.5) is 5.95 Å². The molecule has 5 heteroatoms. The van der Waals surface area contributed by atoms with Crippen molar-refractivity contribution in [2.24, 2.45) is 0 Å². The van der Waals surface area contributed by atoms with E-state index in [1.54, 1.807) is 18.2 Å². The second kappa shape index (κ2) is 7.58. The Kier molecular flexibility index (Phi) is 5.26. The molecule has 0 saturated carbocycles. The van der Waals surface area contributed by atoms with Gasteiger partial charge < -0.3 is 5.11 Å². The molecule has 3 rings (SSSR count). The molecule has 0 fully saturated rings. The molecule has 3 N–H and O–H groups in total. The molecule has 0 aliphatic carbocycles. The topological polar surface area (TPSA) is 51.9 Å². The third-order valence-corrected chi connectivity index (χ3v) is 4.43. The molecule has 0 amide bonds. The molecule has 24 heavy (non-hydrogen) atoms. The summed E-state index contributed by atoms with van der Waals surface area (Å²) in [5.74, 6) is 1.20. The molecular formula is C19H23ClN3O+. The van der Waals surface area contributed by atoms with Crippen LogP contribution < -0.4 is 9.88 Å². The third kappa shape index (κ3) is 3.65. The highest BCUT2D eigenvalue weighted by Gasteiger charge is 2.17. The van der Waals surface area contributed by atoms with Gasteiger partial charge in [0, 0.05) is 10.6 Å². The summed E-state index contributed by atoms with van der Waals surface area (Å²) in [6.45, 7) is 3.68. The number of aromatic nitrogens is 2. The van der Waals surface area contributed by atoms with Crippen molar-refractivity contribution >= 4 is 28.6 Å². The van der Waals surface area contributed by atoms with E-state index < -0.39 is 0 Å². The lowest BCUT2D eigenvalue weighted by molar-refractivity contribution is -0.657. The quantitative estimate of drug-likeness (QED) is 0.433. The molecule has 0 atom stereocenters. The third-order valence-electron chi connectivity index (χ3n) is 4.19. The van der Waals surface area contributed by atoms with E-state index in [9.17, 15) is 5.11 Å². The maximum atomic E-state index is 9.98. The van der Waals surface area contributed by atoms with Crippen molar-refractivity contribution in [1.29, 1.82) is 0 Å². The molecule has 2 aromatic carbocycles. The van der Waals surface area contributed by atoms with Gasteiger partial charge in [0.25, 0.3) is 0 Å². The number of phenolic OH excluding ortho intramolecular Hbond substituents is 1. The van der Waals surface area contributed by atoms with Crippen LogP contribution in [0, 0.1) is 0 Å². The van der Waals surface area contributed by atoms with Crippen LogP contribution in [-0.2, 0) is 13.1 Å². The minimum absolute atomic E-state index is 0.251. The monoisotopic (exact) mass is 344 g/mol. The number of rotatable bonds is 7. The maximum absolute atomic E-state index is 9.98. The van der Waals surface area contributed by atoms with Gasteiger partial charge in [0.05, 0.1) is 13.1 Å². The average molecular weight is 345 g/mol. The number of benzene rings is 2. The number of H-pyrrole nitrogens is 1. The molecule has 126 valence electrons. The van der Waals surface area contributed by atoms with Gasteiger partial charge in [-0.05, 0) is 36.8 Å². The van der Waals surface area contributed by atoms with Gasteiger partial charge in [-0.1, -0.05) is 43.5 Å². The van der Waals surface area contributed by atoms with Crippen molar-refractivity contribution in [2.75, 3.05) is 5.32 Å². The van der Waals surface area contributed by atoms with E-state index in [4.69, 9.17) is 11.6 Å². The average Bonchev–Trinajstić information content (AvgIpc) is 2.94. The van der Waals surface area contributed by atoms with Crippen LogP contribution in [0.25, 0.3) is 11.0 Å². The van der Waals surface area contributed by atoms with Crippen molar-refractivity contribution in [1.82, 2.24) is 4.98 Å². The molecular weight excluding hydrogens is 322 g/mol. The van der Waals surface area contributed by atoms with Gasteiger partial charge >= 0.3 is 5.95 Å². The Bertz CT molecular complexity index is 829. The summed E-state index contributed by atoms with van der Waals surface area (Å²) >= 11 is 6.03. The normalized spacial score (nSPS) is 11.1. The lowest BCUT2D eigenvalue weighted by Gasteiger charge is -2.06. The first kappa shape index (κ1) is 16.7. The fourth-order valence-electron chi connectivity index (χ4n) is 2.90. The van der Waals surface area contributed by atoms with Crippen molar-refractivity contribution in [3.05, 3.63) is 53.1 Å². The Balaban J connectivity index is 1.85. The number of anilines is 1. The van der Waals surface area contributed by atoms with E-state index in [1.807, 2.05) is 6.07 Å². The predicted molar refractivity (Wildman–Crippen MR) is 98.5 cm³/mol. The fourth-order valence-corrected chi connectivity index (χ4v) is 3.09. The van der Waals surface area contributed by atoms with Crippen LogP contribution in [0.1, 0.15) is 31.7 Å². The number of aryl methyl sites for hydroxylation is 1. The van der Waals surface area contributed by atoms with Gasteiger partial charge in [-0.25, -0.2) is 9.55 Å². The first-order valence-electron chi connectivity index (χ1n) is 8.41. The van der Waals surface area contributed by atoms with Gasteiger partial charge in [0.2, 0.25) is 0 Å². The molecule has 4 nitrogen and oxygen atoms in total. The maximum Gasteiger partial charge on any atom is 0.356 e. The number of nitrogens with one attached hydrogen (secondary N) is 2. The Morgan fingerprint density at radius 2 is 2.00 bits per heavy atom. The second-order valence-electron chi connectivity index (χ2n) is 5.98. The predicted octanol–water partition coefficient (Wildman–Crippen LogP) is 4.62. The number of hydrogen-bond acceptors (Lipinski definition) is 2. The number of aromatic amines is 1. The van der Waals surface area contributed by atoms with Crippen LogP contribution in [0.2, 0.25) is 5.02 Å². The summed E-state index contributed by atoms with van der Waals surface area (Å²) in [5, 5.41) is 14.0. The number of nitrogens with zero attached hydrogens (tertiary/aromatic N) is 1. The summed E-state index contributed by atoms with van der Waals surface area (Å²) in [5.41, 5.74) is 3.07. The lowest BCUT2D eigenvalue weighted by Crippen LogP contribution is -2.36. The van der Waals surface area contributed by atoms with Crippen molar-refractivity contribution in [3.63, 3.8) is 0 Å². The minimum atomic E-state index is 0.251. The molecule has 1 aromatic heterocycles. The van der Waals surface area contributed by atoms with Crippen LogP contribution in [-0.4, -0.2) is 10.1 Å². The summed E-state index contributed by atoms with van der Waals surface area (Å²) in [7, 11) is 0. The first-order chi connectivity index (χ1) is 11.7. The molecule has 0 saturated heterocycles. The summed E-state index contributed by atoms with van der Waals surface area (Å²) < 4.78 is 2.27. The van der Waals surface area contributed by atoms with E-state index in [0.717, 1.165) is 30.0 Å². The van der Waals surface area contributed by atoms with E-state index in [-0.39, 0.29) is 5.75 Å². The van der Waals surface area contributed by atoms with Crippen molar-refractivity contribution in [3.8, 4) is 5.75 Å². The highest BCUT2D eigenvalue weighted by Crippen LogP contribution is 2.22. The highest BCUT2D eigenvalue weighted by atomic mass is 35.5. The Labute approximate surface area is 147 Å². The summed E-state index contributed by atoms with van der Waals surface area (Å²) in [6, 6.07) is 13.4. The summed E-state index contributed by atoms with van der Waals surface area (Å²) in [4.78, 5) is 3.43.